The van der Waals surface area contributed by atoms with Crippen molar-refractivity contribution in [3.05, 3.63) is 35.6 Å². The number of carbonyl (C=O) groups excluding carboxylic acids is 1. The van der Waals surface area contributed by atoms with Gasteiger partial charge in [0.1, 0.15) is 11.9 Å². The van der Waals surface area contributed by atoms with Crippen molar-refractivity contribution in [2.45, 2.75) is 89.6 Å². The van der Waals surface area contributed by atoms with Crippen molar-refractivity contribution in [2.75, 3.05) is 7.11 Å². The molecule has 30 heavy (non-hydrogen) atoms. The van der Waals surface area contributed by atoms with Crippen molar-refractivity contribution in [1.29, 1.82) is 0 Å². The maximum Gasteiger partial charge on any atom is 0.325 e. The number of halogens is 1. The van der Waals surface area contributed by atoms with Gasteiger partial charge in [-0.25, -0.2) is 18.4 Å². The fourth-order valence-corrected chi connectivity index (χ4v) is 10.0. The van der Waals surface area contributed by atoms with Gasteiger partial charge in [-0.1, -0.05) is 31.0 Å². The van der Waals surface area contributed by atoms with Crippen LogP contribution in [0.3, 0.4) is 0 Å². The molecule has 5 atom stereocenters. The monoisotopic (exact) mass is 437 g/mol. The van der Waals surface area contributed by atoms with Crippen molar-refractivity contribution < 1.29 is 18.5 Å². The fraction of sp³-hybridized carbons (Fsp3) is 0.682. The van der Waals surface area contributed by atoms with E-state index in [1.54, 1.807) is 22.9 Å². The summed E-state index contributed by atoms with van der Waals surface area (Å²) in [4.78, 5) is 12.7. The Morgan fingerprint density at radius 2 is 1.60 bits per heavy atom. The third-order valence-corrected chi connectivity index (χ3v) is 10.6. The van der Waals surface area contributed by atoms with Crippen LogP contribution >= 0.6 is 7.59 Å². The topological polar surface area (TPSA) is 52.9 Å². The number of carbonyl (C=O) groups is 1. The number of methoxy groups -OCH3 is 1. The van der Waals surface area contributed by atoms with E-state index in [-0.39, 0.29) is 30.0 Å². The molecule has 0 N–H and O–H groups in total. The normalized spacial score (nSPS) is 33.7. The smallest absolute Gasteiger partial charge is 0.325 e. The largest absolute Gasteiger partial charge is 0.468 e. The molecule has 8 heteroatoms. The Bertz CT molecular complexity index is 836. The predicted octanol–water partition coefficient (Wildman–Crippen LogP) is 4.58. The molecule has 0 amide bonds. The first-order valence-corrected chi connectivity index (χ1v) is 12.6. The quantitative estimate of drug-likeness (QED) is 0.382. The van der Waals surface area contributed by atoms with E-state index < -0.39 is 25.6 Å². The molecule has 1 aromatic carbocycles. The first kappa shape index (κ1) is 21.9. The number of nitrogens with zero attached hydrogens (tertiary/aromatic N) is 3. The van der Waals surface area contributed by atoms with Gasteiger partial charge in [0.2, 0.25) is 0 Å². The van der Waals surface area contributed by atoms with Gasteiger partial charge in [0.25, 0.3) is 7.59 Å². The van der Waals surface area contributed by atoms with Gasteiger partial charge in [-0.15, -0.1) is 0 Å². The standard InChI is InChI=1S/C22H33FN3O3P/c1-14(2)24-18-12-8-9-13-19(18)25(15(3)4)30(24,28)26-20(21(26)22(27)29-5)16-10-6-7-11-17(16)23/h6-7,10-11,14-15,18-21H,8-9,12-13H2,1-5H3/t18-,19-,20+,21+,26?/m1/s1. The highest BCUT2D eigenvalue weighted by atomic mass is 31.2. The highest BCUT2D eigenvalue weighted by Crippen LogP contribution is 2.75. The molecule has 2 aliphatic heterocycles. The average Bonchev–Trinajstić information content (AvgIpc) is 3.38. The van der Waals surface area contributed by atoms with Gasteiger partial charge in [0.15, 0.2) is 0 Å². The molecular formula is C22H33FN3O3P. The lowest BCUT2D eigenvalue weighted by atomic mass is 9.89. The molecule has 2 saturated heterocycles. The number of hydrogen-bond donors (Lipinski definition) is 0. The third-order valence-electron chi connectivity index (χ3n) is 6.78. The van der Waals surface area contributed by atoms with Crippen LogP contribution < -0.4 is 0 Å². The SMILES string of the molecule is COC(=O)[C@@H]1[C@H](c2ccccc2F)N1P1(=O)N(C(C)C)[C@@H]2CCCC[C@H]2N1C(C)C. The first-order chi connectivity index (χ1) is 14.2. The average molecular weight is 437 g/mol. The number of rotatable bonds is 5. The van der Waals surface area contributed by atoms with Crippen molar-refractivity contribution in [2.24, 2.45) is 0 Å². The van der Waals surface area contributed by atoms with Crippen molar-refractivity contribution in [1.82, 2.24) is 14.0 Å². The van der Waals surface area contributed by atoms with E-state index in [1.807, 2.05) is 0 Å². The zero-order valence-electron chi connectivity index (χ0n) is 18.5. The summed E-state index contributed by atoms with van der Waals surface area (Å²) in [6.45, 7) is 8.27. The van der Waals surface area contributed by atoms with Crippen LogP contribution in [0, 0.1) is 5.82 Å². The lowest BCUT2D eigenvalue weighted by Crippen LogP contribution is -2.43. The Kier molecular flexibility index (Phi) is 5.86. The van der Waals surface area contributed by atoms with Gasteiger partial charge < -0.3 is 4.74 Å². The maximum atomic E-state index is 15.1. The summed E-state index contributed by atoms with van der Waals surface area (Å²) in [6.07, 6.45) is 4.23. The van der Waals surface area contributed by atoms with Crippen LogP contribution in [-0.2, 0) is 14.1 Å². The summed E-state index contributed by atoms with van der Waals surface area (Å²) >= 11 is 0. The summed E-state index contributed by atoms with van der Waals surface area (Å²) in [5.74, 6) is -0.838. The lowest BCUT2D eigenvalue weighted by Gasteiger charge is -2.37. The van der Waals surface area contributed by atoms with E-state index in [9.17, 15) is 9.18 Å². The zero-order chi connectivity index (χ0) is 21.8. The molecule has 6 nitrogen and oxygen atoms in total. The second kappa shape index (κ2) is 8.01. The molecule has 1 aliphatic carbocycles. The highest BCUT2D eigenvalue weighted by molar-refractivity contribution is 7.57. The zero-order valence-corrected chi connectivity index (χ0v) is 19.4. The minimum atomic E-state index is -3.30. The number of esters is 1. The van der Waals surface area contributed by atoms with Crippen LogP contribution in [0.25, 0.3) is 0 Å². The molecule has 0 bridgehead atoms. The first-order valence-electron chi connectivity index (χ1n) is 11.0. The number of hydrogen-bond acceptors (Lipinski definition) is 3. The minimum absolute atomic E-state index is 0.0466. The number of fused-ring (bicyclic) bond motifs is 1. The van der Waals surface area contributed by atoms with Crippen LogP contribution in [0.4, 0.5) is 4.39 Å². The van der Waals surface area contributed by atoms with Gasteiger partial charge >= 0.3 is 5.97 Å². The van der Waals surface area contributed by atoms with Crippen LogP contribution in [0.15, 0.2) is 24.3 Å². The Balaban J connectivity index is 1.84. The Morgan fingerprint density at radius 3 is 2.07 bits per heavy atom. The van der Waals surface area contributed by atoms with Crippen LogP contribution in [0.1, 0.15) is 65.0 Å². The molecule has 1 aromatic rings. The minimum Gasteiger partial charge on any atom is -0.468 e. The molecule has 1 saturated carbocycles. The molecule has 166 valence electrons. The third kappa shape index (κ3) is 3.17. The van der Waals surface area contributed by atoms with Crippen LogP contribution in [0.2, 0.25) is 0 Å². The summed E-state index contributed by atoms with van der Waals surface area (Å²) in [5, 5.41) is 0. The Labute approximate surface area is 178 Å². The van der Waals surface area contributed by atoms with Gasteiger partial charge in [0.05, 0.1) is 13.2 Å². The van der Waals surface area contributed by atoms with E-state index in [1.165, 1.54) is 13.2 Å². The second-order valence-corrected chi connectivity index (χ2v) is 11.6. The fourth-order valence-electron chi connectivity index (χ4n) is 5.75. The molecule has 2 heterocycles. The molecule has 4 rings (SSSR count). The van der Waals surface area contributed by atoms with E-state index >= 15 is 4.57 Å². The van der Waals surface area contributed by atoms with E-state index in [4.69, 9.17) is 4.74 Å². The van der Waals surface area contributed by atoms with Gasteiger partial charge in [-0.3, -0.25) is 9.36 Å². The Morgan fingerprint density at radius 1 is 1.07 bits per heavy atom. The predicted molar refractivity (Wildman–Crippen MR) is 114 cm³/mol. The van der Waals surface area contributed by atoms with E-state index in [0.717, 1.165) is 25.7 Å². The second-order valence-electron chi connectivity index (χ2n) is 9.19. The molecule has 0 radical (unpaired) electrons. The Hall–Kier alpha value is -1.27. The molecule has 0 spiro atoms. The maximum absolute atomic E-state index is 15.1. The molecular weight excluding hydrogens is 404 g/mol. The summed E-state index contributed by atoms with van der Waals surface area (Å²) in [5.41, 5.74) is 0.408. The van der Waals surface area contributed by atoms with E-state index in [0.29, 0.717) is 5.56 Å². The van der Waals surface area contributed by atoms with Crippen molar-refractivity contribution in [3.8, 4) is 0 Å². The molecule has 1 unspecified atom stereocenters. The summed E-state index contributed by atoms with van der Waals surface area (Å²) in [6, 6.07) is 5.62. The van der Waals surface area contributed by atoms with Crippen LogP contribution in [-0.4, -0.2) is 57.3 Å². The summed E-state index contributed by atoms with van der Waals surface area (Å²) < 4.78 is 40.9. The number of benzene rings is 1. The highest BCUT2D eigenvalue weighted by Gasteiger charge is 2.71. The van der Waals surface area contributed by atoms with Crippen molar-refractivity contribution >= 4 is 13.6 Å². The molecule has 3 fully saturated rings. The van der Waals surface area contributed by atoms with Gasteiger partial charge in [-0.2, -0.15) is 0 Å². The molecule has 0 aromatic heterocycles. The van der Waals surface area contributed by atoms with Crippen molar-refractivity contribution in [3.63, 3.8) is 0 Å². The number of ether oxygens (including phenoxy) is 1. The van der Waals surface area contributed by atoms with Gasteiger partial charge in [0, 0.05) is 29.7 Å². The lowest BCUT2D eigenvalue weighted by molar-refractivity contribution is -0.140. The molecule has 3 aliphatic rings. The van der Waals surface area contributed by atoms with Crippen LogP contribution in [0.5, 0.6) is 0 Å². The van der Waals surface area contributed by atoms with E-state index in [2.05, 4.69) is 37.0 Å². The van der Waals surface area contributed by atoms with Gasteiger partial charge in [-0.05, 0) is 46.6 Å². The summed E-state index contributed by atoms with van der Waals surface area (Å²) in [7, 11) is -1.97.